The highest BCUT2D eigenvalue weighted by Crippen LogP contribution is 2.25. The molecule has 0 radical (unpaired) electrons. The summed E-state index contributed by atoms with van der Waals surface area (Å²) in [7, 11) is -2.85. The van der Waals surface area contributed by atoms with Crippen LogP contribution in [0.5, 0.6) is 0 Å². The van der Waals surface area contributed by atoms with Crippen molar-refractivity contribution < 1.29 is 18.3 Å². The first-order chi connectivity index (χ1) is 8.46. The van der Waals surface area contributed by atoms with Crippen molar-refractivity contribution in [2.45, 2.75) is 38.1 Å². The number of nitrogens with zero attached hydrogens (tertiary/aromatic N) is 1. The number of carboxylic acids is 1. The minimum absolute atomic E-state index is 0.162. The molecule has 0 aromatic carbocycles. The largest absolute Gasteiger partial charge is 0.481 e. The van der Waals surface area contributed by atoms with Crippen LogP contribution in [0.3, 0.4) is 0 Å². The van der Waals surface area contributed by atoms with Crippen LogP contribution in [0, 0.1) is 5.92 Å². The van der Waals surface area contributed by atoms with E-state index in [0.29, 0.717) is 5.75 Å². The maximum absolute atomic E-state index is 11.6. The maximum Gasteiger partial charge on any atom is 0.303 e. The second-order valence-corrected chi connectivity index (χ2v) is 7.72. The Morgan fingerprint density at radius 2 is 1.89 bits per heavy atom. The lowest BCUT2D eigenvalue weighted by atomic mass is 9.92. The molecular weight excluding hydrogens is 254 g/mol. The average molecular weight is 275 g/mol. The van der Waals surface area contributed by atoms with Crippen molar-refractivity contribution in [3.63, 3.8) is 0 Å². The van der Waals surface area contributed by atoms with E-state index >= 15 is 0 Å². The van der Waals surface area contributed by atoms with Crippen molar-refractivity contribution in [2.75, 3.05) is 24.6 Å². The van der Waals surface area contributed by atoms with Gasteiger partial charge in [-0.1, -0.05) is 0 Å². The Morgan fingerprint density at radius 3 is 2.44 bits per heavy atom. The molecule has 0 aromatic rings. The Hall–Kier alpha value is -0.620. The summed E-state index contributed by atoms with van der Waals surface area (Å²) in [4.78, 5) is 12.9. The number of rotatable bonds is 3. The molecule has 0 aromatic heterocycles. The summed E-state index contributed by atoms with van der Waals surface area (Å²) in [5.74, 6) is 0.155. The fourth-order valence-corrected chi connectivity index (χ4v) is 4.79. The van der Waals surface area contributed by atoms with Gasteiger partial charge in [0.15, 0.2) is 9.84 Å². The minimum atomic E-state index is -2.85. The number of carbonyl (C=O) groups is 1. The summed E-state index contributed by atoms with van der Waals surface area (Å²) in [5.41, 5.74) is 0. The van der Waals surface area contributed by atoms with E-state index in [2.05, 4.69) is 4.90 Å². The van der Waals surface area contributed by atoms with Gasteiger partial charge in [-0.2, -0.15) is 0 Å². The lowest BCUT2D eigenvalue weighted by Crippen LogP contribution is -2.47. The molecular formula is C12H21NO4S. The standard InChI is InChI=1S/C12H21NO4S/c14-12(15)8-10-3-5-13(6-4-10)11-2-1-7-18(16,17)9-11/h10-11H,1-9H2,(H,14,15). The van der Waals surface area contributed by atoms with E-state index in [9.17, 15) is 13.2 Å². The molecule has 6 heteroatoms. The van der Waals surface area contributed by atoms with Gasteiger partial charge in [-0.3, -0.25) is 9.69 Å². The molecule has 18 heavy (non-hydrogen) atoms. The molecule has 1 atom stereocenters. The predicted molar refractivity (Wildman–Crippen MR) is 68.2 cm³/mol. The smallest absolute Gasteiger partial charge is 0.303 e. The van der Waals surface area contributed by atoms with Crippen molar-refractivity contribution in [1.29, 1.82) is 0 Å². The van der Waals surface area contributed by atoms with Gasteiger partial charge in [0.2, 0.25) is 0 Å². The number of sulfone groups is 1. The summed E-state index contributed by atoms with van der Waals surface area (Å²) >= 11 is 0. The van der Waals surface area contributed by atoms with Crippen molar-refractivity contribution in [1.82, 2.24) is 4.90 Å². The van der Waals surface area contributed by atoms with Crippen molar-refractivity contribution in [3.8, 4) is 0 Å². The third-order valence-corrected chi connectivity index (χ3v) is 5.87. The van der Waals surface area contributed by atoms with Crippen LogP contribution < -0.4 is 0 Å². The molecule has 2 rings (SSSR count). The third-order valence-electron chi connectivity index (χ3n) is 4.07. The first-order valence-corrected chi connectivity index (χ1v) is 8.45. The summed E-state index contributed by atoms with van der Waals surface area (Å²) in [6.07, 6.45) is 3.73. The molecule has 104 valence electrons. The van der Waals surface area contributed by atoms with Crippen LogP contribution in [0.4, 0.5) is 0 Å². The monoisotopic (exact) mass is 275 g/mol. The van der Waals surface area contributed by atoms with Crippen LogP contribution in [0.15, 0.2) is 0 Å². The van der Waals surface area contributed by atoms with Gasteiger partial charge in [-0.15, -0.1) is 0 Å². The molecule has 2 aliphatic heterocycles. The Balaban J connectivity index is 1.84. The van der Waals surface area contributed by atoms with Crippen molar-refractivity contribution in [2.24, 2.45) is 5.92 Å². The zero-order valence-electron chi connectivity index (χ0n) is 10.5. The highest BCUT2D eigenvalue weighted by atomic mass is 32.2. The summed E-state index contributed by atoms with van der Waals surface area (Å²) in [6.45, 7) is 1.69. The van der Waals surface area contributed by atoms with E-state index in [4.69, 9.17) is 5.11 Å². The van der Waals surface area contributed by atoms with Crippen LogP contribution in [0.2, 0.25) is 0 Å². The zero-order chi connectivity index (χ0) is 13.2. The van der Waals surface area contributed by atoms with Crippen LogP contribution in [-0.4, -0.2) is 55.0 Å². The van der Waals surface area contributed by atoms with Gasteiger partial charge in [-0.05, 0) is 44.7 Å². The molecule has 2 saturated heterocycles. The molecule has 0 saturated carbocycles. The van der Waals surface area contributed by atoms with E-state index in [1.54, 1.807) is 0 Å². The topological polar surface area (TPSA) is 74.7 Å². The predicted octanol–water partition coefficient (Wildman–Crippen LogP) is 0.750. The Labute approximate surface area is 108 Å². The van der Waals surface area contributed by atoms with Gasteiger partial charge in [0, 0.05) is 12.5 Å². The molecule has 0 aliphatic carbocycles. The molecule has 5 nitrogen and oxygen atoms in total. The Bertz CT molecular complexity index is 398. The van der Waals surface area contributed by atoms with E-state index in [-0.39, 0.29) is 24.1 Å². The lowest BCUT2D eigenvalue weighted by Gasteiger charge is -2.38. The molecule has 1 unspecified atom stereocenters. The number of aliphatic carboxylic acids is 1. The molecule has 1 N–H and O–H groups in total. The van der Waals surface area contributed by atoms with Gasteiger partial charge >= 0.3 is 5.97 Å². The number of piperidine rings is 1. The van der Waals surface area contributed by atoms with Crippen LogP contribution in [0.25, 0.3) is 0 Å². The fraction of sp³-hybridized carbons (Fsp3) is 0.917. The van der Waals surface area contributed by atoms with E-state index in [1.807, 2.05) is 0 Å². The molecule has 2 aliphatic rings. The first kappa shape index (κ1) is 13.8. The SMILES string of the molecule is O=C(O)CC1CCN(C2CCCS(=O)(=O)C2)CC1. The second kappa shape index (κ2) is 5.57. The van der Waals surface area contributed by atoms with Crippen LogP contribution in [0.1, 0.15) is 32.1 Å². The second-order valence-electron chi connectivity index (χ2n) is 5.49. The normalized spacial score (nSPS) is 30.1. The quantitative estimate of drug-likeness (QED) is 0.822. The summed E-state index contributed by atoms with van der Waals surface area (Å²) in [5, 5.41) is 8.76. The lowest BCUT2D eigenvalue weighted by molar-refractivity contribution is -0.138. The Kier molecular flexibility index (Phi) is 4.27. The van der Waals surface area contributed by atoms with Gasteiger partial charge in [0.05, 0.1) is 11.5 Å². The molecule has 2 fully saturated rings. The average Bonchev–Trinajstić information content (AvgIpc) is 2.28. The van der Waals surface area contributed by atoms with E-state index < -0.39 is 15.8 Å². The van der Waals surface area contributed by atoms with E-state index in [0.717, 1.165) is 38.8 Å². The number of likely N-dealkylation sites (tertiary alicyclic amines) is 1. The number of hydrogen-bond acceptors (Lipinski definition) is 4. The fourth-order valence-electron chi connectivity index (χ4n) is 3.06. The van der Waals surface area contributed by atoms with Crippen molar-refractivity contribution >= 4 is 15.8 Å². The highest BCUT2D eigenvalue weighted by Gasteiger charge is 2.31. The molecule has 0 amide bonds. The number of carboxylic acid groups (broad SMARTS) is 1. The van der Waals surface area contributed by atoms with Gasteiger partial charge in [-0.25, -0.2) is 8.42 Å². The van der Waals surface area contributed by atoms with Gasteiger partial charge < -0.3 is 5.11 Å². The molecule has 0 bridgehead atoms. The van der Waals surface area contributed by atoms with Gasteiger partial charge in [0.1, 0.15) is 0 Å². The third kappa shape index (κ3) is 3.68. The Morgan fingerprint density at radius 1 is 1.22 bits per heavy atom. The summed E-state index contributed by atoms with van der Waals surface area (Å²) < 4.78 is 23.2. The van der Waals surface area contributed by atoms with E-state index in [1.165, 1.54) is 0 Å². The number of hydrogen-bond donors (Lipinski definition) is 1. The van der Waals surface area contributed by atoms with Gasteiger partial charge in [0.25, 0.3) is 0 Å². The zero-order valence-corrected chi connectivity index (χ0v) is 11.4. The van der Waals surface area contributed by atoms with Crippen molar-refractivity contribution in [3.05, 3.63) is 0 Å². The molecule has 2 heterocycles. The van der Waals surface area contributed by atoms with Crippen LogP contribution in [-0.2, 0) is 14.6 Å². The minimum Gasteiger partial charge on any atom is -0.481 e. The maximum atomic E-state index is 11.6. The van der Waals surface area contributed by atoms with Crippen LogP contribution >= 0.6 is 0 Å². The summed E-state index contributed by atoms with van der Waals surface area (Å²) in [6, 6.07) is 0.162. The highest BCUT2D eigenvalue weighted by molar-refractivity contribution is 7.91. The molecule has 0 spiro atoms. The first-order valence-electron chi connectivity index (χ1n) is 6.62.